The Kier molecular flexibility index (Phi) is 3.22. The topological polar surface area (TPSA) is 44.5 Å². The molecule has 0 amide bonds. The lowest BCUT2D eigenvalue weighted by Crippen LogP contribution is -2.34. The van der Waals surface area contributed by atoms with E-state index >= 15 is 0 Å². The Morgan fingerprint density at radius 2 is 2.06 bits per heavy atom. The summed E-state index contributed by atoms with van der Waals surface area (Å²) in [6.07, 6.45) is 4.66. The largest absolute Gasteiger partial charge is 0.467 e. The highest BCUT2D eigenvalue weighted by molar-refractivity contribution is 6.31. The highest BCUT2D eigenvalue weighted by Crippen LogP contribution is 2.47. The zero-order valence-corrected chi connectivity index (χ0v) is 11.1. The first-order valence-electron chi connectivity index (χ1n) is 6.49. The molecule has 0 unspecified atom stereocenters. The molecule has 1 aliphatic heterocycles. The van der Waals surface area contributed by atoms with Crippen LogP contribution < -0.4 is 10.5 Å². The lowest BCUT2D eigenvalue weighted by Gasteiger charge is -2.33. The van der Waals surface area contributed by atoms with Crippen molar-refractivity contribution >= 4 is 11.6 Å². The monoisotopic (exact) mass is 267 g/mol. The lowest BCUT2D eigenvalue weighted by atomic mass is 9.76. The summed E-state index contributed by atoms with van der Waals surface area (Å²) in [7, 11) is 0. The summed E-state index contributed by atoms with van der Waals surface area (Å²) < 4.78 is 11.0. The van der Waals surface area contributed by atoms with E-state index in [0.717, 1.165) is 29.2 Å². The molecule has 1 fully saturated rings. The Morgan fingerprint density at radius 3 is 2.78 bits per heavy atom. The summed E-state index contributed by atoms with van der Waals surface area (Å²) >= 11 is 6.44. The Labute approximate surface area is 112 Å². The van der Waals surface area contributed by atoms with Crippen molar-refractivity contribution in [3.05, 3.63) is 28.3 Å². The maximum atomic E-state index is 6.44. The van der Waals surface area contributed by atoms with Crippen LogP contribution in [0.25, 0.3) is 0 Å². The molecule has 1 aromatic carbocycles. The maximum absolute atomic E-state index is 6.44. The van der Waals surface area contributed by atoms with Crippen LogP contribution in [-0.4, -0.2) is 13.3 Å². The van der Waals surface area contributed by atoms with Crippen LogP contribution in [0.1, 0.15) is 36.8 Å². The quantitative estimate of drug-likeness (QED) is 0.896. The third-order valence-corrected chi connectivity index (χ3v) is 4.56. The zero-order valence-electron chi connectivity index (χ0n) is 10.4. The fourth-order valence-corrected chi connectivity index (χ4v) is 3.69. The van der Waals surface area contributed by atoms with E-state index in [1.165, 1.54) is 18.4 Å². The van der Waals surface area contributed by atoms with E-state index in [-0.39, 0.29) is 5.41 Å². The number of ether oxygens (including phenoxy) is 2. The van der Waals surface area contributed by atoms with Crippen LogP contribution in [0.2, 0.25) is 5.02 Å². The molecule has 0 bridgehead atoms. The van der Waals surface area contributed by atoms with Gasteiger partial charge in [0.2, 0.25) is 0 Å². The first-order chi connectivity index (χ1) is 8.77. The predicted octanol–water partition coefficient (Wildman–Crippen LogP) is 2.98. The number of hydrogen-bond donors (Lipinski definition) is 1. The molecule has 1 heterocycles. The van der Waals surface area contributed by atoms with E-state index in [0.29, 0.717) is 19.9 Å². The fourth-order valence-electron chi connectivity index (χ4n) is 3.31. The zero-order chi connectivity index (χ0) is 12.6. The normalized spacial score (nSPS) is 21.4. The lowest BCUT2D eigenvalue weighted by molar-refractivity contribution is -0.0173. The molecular formula is C14H18ClNO2. The summed E-state index contributed by atoms with van der Waals surface area (Å²) in [5.74, 6) is 0.903. The SMILES string of the molecule is NCC1(c2c(Cl)ccc3c2COCO3)CCCC1. The Balaban J connectivity index is 2.15. The van der Waals surface area contributed by atoms with Crippen LogP contribution in [0, 0.1) is 0 Å². The van der Waals surface area contributed by atoms with Crippen LogP contribution in [0.15, 0.2) is 12.1 Å². The second kappa shape index (κ2) is 4.72. The molecular weight excluding hydrogens is 250 g/mol. The van der Waals surface area contributed by atoms with E-state index in [1.54, 1.807) is 0 Å². The summed E-state index contributed by atoms with van der Waals surface area (Å²) in [5.41, 5.74) is 8.35. The average Bonchev–Trinajstić information content (AvgIpc) is 2.88. The van der Waals surface area contributed by atoms with Crippen molar-refractivity contribution in [2.75, 3.05) is 13.3 Å². The molecule has 0 spiro atoms. The molecule has 3 nitrogen and oxygen atoms in total. The summed E-state index contributed by atoms with van der Waals surface area (Å²) in [6.45, 7) is 1.54. The first kappa shape index (κ1) is 12.3. The third-order valence-electron chi connectivity index (χ3n) is 4.24. The summed E-state index contributed by atoms with van der Waals surface area (Å²) in [5, 5.41) is 0.801. The van der Waals surface area contributed by atoms with Gasteiger partial charge in [0.25, 0.3) is 0 Å². The van der Waals surface area contributed by atoms with Crippen LogP contribution in [0.5, 0.6) is 5.75 Å². The predicted molar refractivity (Wildman–Crippen MR) is 70.9 cm³/mol. The molecule has 4 heteroatoms. The molecule has 1 aromatic rings. The van der Waals surface area contributed by atoms with Crippen LogP contribution >= 0.6 is 11.6 Å². The van der Waals surface area contributed by atoms with Gasteiger partial charge in [-0.25, -0.2) is 0 Å². The van der Waals surface area contributed by atoms with Gasteiger partial charge in [0, 0.05) is 22.5 Å². The number of hydrogen-bond acceptors (Lipinski definition) is 3. The van der Waals surface area contributed by atoms with Gasteiger partial charge in [0.05, 0.1) is 6.61 Å². The molecule has 2 aliphatic rings. The highest BCUT2D eigenvalue weighted by Gasteiger charge is 2.39. The number of benzene rings is 1. The van der Waals surface area contributed by atoms with Gasteiger partial charge in [-0.15, -0.1) is 0 Å². The van der Waals surface area contributed by atoms with Crippen molar-refractivity contribution in [1.82, 2.24) is 0 Å². The molecule has 0 saturated heterocycles. The Morgan fingerprint density at radius 1 is 1.28 bits per heavy atom. The van der Waals surface area contributed by atoms with Crippen molar-refractivity contribution in [2.24, 2.45) is 5.73 Å². The molecule has 98 valence electrons. The molecule has 18 heavy (non-hydrogen) atoms. The number of rotatable bonds is 2. The van der Waals surface area contributed by atoms with Crippen LogP contribution in [0.4, 0.5) is 0 Å². The van der Waals surface area contributed by atoms with E-state index in [4.69, 9.17) is 26.8 Å². The van der Waals surface area contributed by atoms with Crippen molar-refractivity contribution in [3.63, 3.8) is 0 Å². The number of fused-ring (bicyclic) bond motifs is 1. The molecule has 0 aromatic heterocycles. The van der Waals surface area contributed by atoms with Crippen molar-refractivity contribution < 1.29 is 9.47 Å². The summed E-state index contributed by atoms with van der Waals surface area (Å²) in [4.78, 5) is 0. The molecule has 2 N–H and O–H groups in total. The first-order valence-corrected chi connectivity index (χ1v) is 6.87. The molecule has 0 atom stereocenters. The van der Waals surface area contributed by atoms with Gasteiger partial charge in [-0.1, -0.05) is 24.4 Å². The van der Waals surface area contributed by atoms with Gasteiger partial charge < -0.3 is 15.2 Å². The average molecular weight is 268 g/mol. The smallest absolute Gasteiger partial charge is 0.189 e. The van der Waals surface area contributed by atoms with Crippen molar-refractivity contribution in [1.29, 1.82) is 0 Å². The Bertz CT molecular complexity index is 455. The molecule has 3 rings (SSSR count). The number of halogens is 1. The van der Waals surface area contributed by atoms with E-state index < -0.39 is 0 Å². The van der Waals surface area contributed by atoms with Gasteiger partial charge in [-0.2, -0.15) is 0 Å². The van der Waals surface area contributed by atoms with Crippen LogP contribution in [0.3, 0.4) is 0 Å². The molecule has 0 radical (unpaired) electrons. The Hall–Kier alpha value is -0.770. The molecule has 1 aliphatic carbocycles. The van der Waals surface area contributed by atoms with Gasteiger partial charge in [0.1, 0.15) is 5.75 Å². The standard InChI is InChI=1S/C14H18ClNO2/c15-11-3-4-12-10(7-17-9-18-12)13(11)14(8-16)5-1-2-6-14/h3-4H,1-2,5-9,16H2. The summed E-state index contributed by atoms with van der Waals surface area (Å²) in [6, 6.07) is 3.86. The minimum Gasteiger partial charge on any atom is -0.467 e. The van der Waals surface area contributed by atoms with Gasteiger partial charge >= 0.3 is 0 Å². The van der Waals surface area contributed by atoms with Crippen molar-refractivity contribution in [3.8, 4) is 5.75 Å². The highest BCUT2D eigenvalue weighted by atomic mass is 35.5. The fraction of sp³-hybridized carbons (Fsp3) is 0.571. The third kappa shape index (κ3) is 1.81. The minimum atomic E-state index is 0.0203. The van der Waals surface area contributed by atoms with E-state index in [2.05, 4.69) is 0 Å². The van der Waals surface area contributed by atoms with Gasteiger partial charge in [-0.3, -0.25) is 0 Å². The van der Waals surface area contributed by atoms with Gasteiger partial charge in [-0.05, 0) is 30.5 Å². The second-order valence-corrected chi connectivity index (χ2v) is 5.61. The second-order valence-electron chi connectivity index (χ2n) is 5.20. The maximum Gasteiger partial charge on any atom is 0.189 e. The van der Waals surface area contributed by atoms with Gasteiger partial charge in [0.15, 0.2) is 6.79 Å². The van der Waals surface area contributed by atoms with E-state index in [9.17, 15) is 0 Å². The van der Waals surface area contributed by atoms with Crippen molar-refractivity contribution in [2.45, 2.75) is 37.7 Å². The minimum absolute atomic E-state index is 0.0203. The van der Waals surface area contributed by atoms with E-state index in [1.807, 2.05) is 12.1 Å². The molecule has 1 saturated carbocycles. The number of nitrogens with two attached hydrogens (primary N) is 1. The van der Waals surface area contributed by atoms with Crippen LogP contribution in [-0.2, 0) is 16.8 Å².